The third kappa shape index (κ3) is 4.17. The molecule has 1 atom stereocenters. The zero-order valence-electron chi connectivity index (χ0n) is 16.5. The topological polar surface area (TPSA) is 51.5 Å². The van der Waals surface area contributed by atoms with Crippen LogP contribution in [0, 0.1) is 13.8 Å². The molecular formula is C22H24N2O3S. The van der Waals surface area contributed by atoms with Crippen molar-refractivity contribution in [3.8, 4) is 0 Å². The standard InChI is InChI=1S/C22H24N2O3S/c1-15-13-19(16(2)24(15)14-18-11-8-12-28-18)22(26)27-20(21(25)23(3)4)17-9-6-5-7-10-17/h5-13,20H,14H2,1-4H3/t20-/m0/s1. The maximum atomic E-state index is 12.9. The third-order valence-corrected chi connectivity index (χ3v) is 5.54. The minimum absolute atomic E-state index is 0.271. The quantitative estimate of drug-likeness (QED) is 0.587. The third-order valence-electron chi connectivity index (χ3n) is 4.68. The van der Waals surface area contributed by atoms with Crippen molar-refractivity contribution < 1.29 is 14.3 Å². The van der Waals surface area contributed by atoms with Gasteiger partial charge in [-0.15, -0.1) is 11.3 Å². The van der Waals surface area contributed by atoms with Crippen LogP contribution in [0.5, 0.6) is 0 Å². The second-order valence-corrected chi connectivity index (χ2v) is 7.91. The van der Waals surface area contributed by atoms with Crippen LogP contribution < -0.4 is 0 Å². The van der Waals surface area contributed by atoms with E-state index in [1.807, 2.05) is 49.6 Å². The fourth-order valence-corrected chi connectivity index (χ4v) is 3.80. The zero-order valence-corrected chi connectivity index (χ0v) is 17.3. The van der Waals surface area contributed by atoms with Gasteiger partial charge >= 0.3 is 5.97 Å². The van der Waals surface area contributed by atoms with Crippen LogP contribution in [-0.4, -0.2) is 35.4 Å². The van der Waals surface area contributed by atoms with Crippen LogP contribution in [0.25, 0.3) is 0 Å². The number of nitrogens with zero attached hydrogens (tertiary/aromatic N) is 2. The van der Waals surface area contributed by atoms with E-state index in [4.69, 9.17) is 4.74 Å². The molecule has 6 heteroatoms. The van der Waals surface area contributed by atoms with Crippen LogP contribution in [0.1, 0.15) is 38.3 Å². The average molecular weight is 397 g/mol. The number of carbonyl (C=O) groups excluding carboxylic acids is 2. The molecule has 0 saturated carbocycles. The largest absolute Gasteiger partial charge is 0.444 e. The number of aromatic nitrogens is 1. The summed E-state index contributed by atoms with van der Waals surface area (Å²) in [7, 11) is 3.30. The first-order valence-electron chi connectivity index (χ1n) is 9.04. The number of hydrogen-bond donors (Lipinski definition) is 0. The molecule has 146 valence electrons. The maximum Gasteiger partial charge on any atom is 0.341 e. The molecule has 0 fully saturated rings. The second kappa shape index (κ2) is 8.44. The van der Waals surface area contributed by atoms with Gasteiger partial charge in [0.2, 0.25) is 6.10 Å². The molecular weight excluding hydrogens is 372 g/mol. The normalized spacial score (nSPS) is 11.9. The first kappa shape index (κ1) is 19.9. The van der Waals surface area contributed by atoms with Gasteiger partial charge in [0, 0.05) is 35.9 Å². The molecule has 0 radical (unpaired) electrons. The van der Waals surface area contributed by atoms with Gasteiger partial charge in [-0.2, -0.15) is 0 Å². The molecule has 1 aromatic carbocycles. The number of esters is 1. The van der Waals surface area contributed by atoms with E-state index in [2.05, 4.69) is 10.6 Å². The summed E-state index contributed by atoms with van der Waals surface area (Å²) in [4.78, 5) is 28.2. The van der Waals surface area contributed by atoms with Crippen molar-refractivity contribution in [3.05, 3.63) is 81.3 Å². The first-order valence-corrected chi connectivity index (χ1v) is 9.92. The average Bonchev–Trinajstić information content (AvgIpc) is 3.30. The fourth-order valence-electron chi connectivity index (χ4n) is 3.10. The Morgan fingerprint density at radius 2 is 1.82 bits per heavy atom. The molecule has 28 heavy (non-hydrogen) atoms. The lowest BCUT2D eigenvalue weighted by atomic mass is 10.1. The van der Waals surface area contributed by atoms with Gasteiger partial charge in [-0.05, 0) is 31.4 Å². The summed E-state index contributed by atoms with van der Waals surface area (Å²) < 4.78 is 7.78. The summed E-state index contributed by atoms with van der Waals surface area (Å²) in [5.74, 6) is -0.762. The highest BCUT2D eigenvalue weighted by Gasteiger charge is 2.28. The molecule has 0 aliphatic rings. The molecule has 2 aromatic heterocycles. The summed E-state index contributed by atoms with van der Waals surface area (Å²) in [6, 6.07) is 15.0. The highest BCUT2D eigenvalue weighted by atomic mass is 32.1. The van der Waals surface area contributed by atoms with Crippen LogP contribution >= 0.6 is 11.3 Å². The Bertz CT molecular complexity index is 959. The summed E-state index contributed by atoms with van der Waals surface area (Å²) in [5, 5.41) is 2.04. The van der Waals surface area contributed by atoms with Crippen LogP contribution in [0.15, 0.2) is 53.9 Å². The molecule has 0 saturated heterocycles. The molecule has 5 nitrogen and oxygen atoms in total. The monoisotopic (exact) mass is 396 g/mol. The number of rotatable bonds is 6. The van der Waals surface area contributed by atoms with E-state index in [0.717, 1.165) is 11.4 Å². The smallest absolute Gasteiger partial charge is 0.341 e. The van der Waals surface area contributed by atoms with Crippen LogP contribution in [0.2, 0.25) is 0 Å². The predicted molar refractivity (Wildman–Crippen MR) is 111 cm³/mol. The number of amides is 1. The highest BCUT2D eigenvalue weighted by molar-refractivity contribution is 7.09. The molecule has 0 bridgehead atoms. The minimum Gasteiger partial charge on any atom is -0.444 e. The minimum atomic E-state index is -0.968. The Kier molecular flexibility index (Phi) is 5.99. The van der Waals surface area contributed by atoms with Crippen LogP contribution in [-0.2, 0) is 16.1 Å². The van der Waals surface area contributed by atoms with Gasteiger partial charge < -0.3 is 14.2 Å². The Hall–Kier alpha value is -2.86. The van der Waals surface area contributed by atoms with Gasteiger partial charge in [0.05, 0.1) is 12.1 Å². The Balaban J connectivity index is 1.87. The number of ether oxygens (including phenoxy) is 1. The molecule has 0 aliphatic carbocycles. The highest BCUT2D eigenvalue weighted by Crippen LogP contribution is 2.24. The molecule has 0 N–H and O–H groups in total. The first-order chi connectivity index (χ1) is 13.4. The summed E-state index contributed by atoms with van der Waals surface area (Å²) in [5.41, 5.74) is 2.96. The van der Waals surface area contributed by atoms with E-state index < -0.39 is 12.1 Å². The van der Waals surface area contributed by atoms with Crippen LogP contribution in [0.3, 0.4) is 0 Å². The summed E-state index contributed by atoms with van der Waals surface area (Å²) in [6.45, 7) is 4.58. The Labute approximate surface area is 169 Å². The Morgan fingerprint density at radius 3 is 2.43 bits per heavy atom. The van der Waals surface area contributed by atoms with E-state index in [1.54, 1.807) is 37.6 Å². The fraction of sp³-hybridized carbons (Fsp3) is 0.273. The van der Waals surface area contributed by atoms with Gasteiger partial charge in [0.25, 0.3) is 5.91 Å². The van der Waals surface area contributed by atoms with Gasteiger partial charge in [0.15, 0.2) is 0 Å². The van der Waals surface area contributed by atoms with E-state index in [-0.39, 0.29) is 5.91 Å². The lowest BCUT2D eigenvalue weighted by Crippen LogP contribution is -2.31. The molecule has 0 aliphatic heterocycles. The number of likely N-dealkylation sites (N-methyl/N-ethyl adjacent to an activating group) is 1. The van der Waals surface area contributed by atoms with Crippen molar-refractivity contribution in [1.82, 2.24) is 9.47 Å². The van der Waals surface area contributed by atoms with E-state index in [9.17, 15) is 9.59 Å². The van der Waals surface area contributed by atoms with Gasteiger partial charge in [0.1, 0.15) is 0 Å². The lowest BCUT2D eigenvalue weighted by molar-refractivity contribution is -0.138. The lowest BCUT2D eigenvalue weighted by Gasteiger charge is -2.21. The molecule has 2 heterocycles. The number of carbonyl (C=O) groups is 2. The van der Waals surface area contributed by atoms with Crippen molar-refractivity contribution in [2.75, 3.05) is 14.1 Å². The van der Waals surface area contributed by atoms with Crippen LogP contribution in [0.4, 0.5) is 0 Å². The van der Waals surface area contributed by atoms with Crippen molar-refractivity contribution in [2.24, 2.45) is 0 Å². The number of benzene rings is 1. The van der Waals surface area contributed by atoms with Gasteiger partial charge in [-0.25, -0.2) is 4.79 Å². The van der Waals surface area contributed by atoms with E-state index in [1.165, 1.54) is 9.78 Å². The molecule has 3 aromatic rings. The number of thiophene rings is 1. The number of hydrogen-bond acceptors (Lipinski definition) is 4. The summed E-state index contributed by atoms with van der Waals surface area (Å²) in [6.07, 6.45) is -0.968. The van der Waals surface area contributed by atoms with Gasteiger partial charge in [-0.1, -0.05) is 36.4 Å². The van der Waals surface area contributed by atoms with Crippen molar-refractivity contribution >= 4 is 23.2 Å². The van der Waals surface area contributed by atoms with Crippen molar-refractivity contribution in [2.45, 2.75) is 26.5 Å². The van der Waals surface area contributed by atoms with E-state index in [0.29, 0.717) is 17.7 Å². The second-order valence-electron chi connectivity index (χ2n) is 6.88. The van der Waals surface area contributed by atoms with Gasteiger partial charge in [-0.3, -0.25) is 4.79 Å². The molecule has 0 unspecified atom stereocenters. The number of aryl methyl sites for hydroxylation is 1. The summed E-state index contributed by atoms with van der Waals surface area (Å²) >= 11 is 1.68. The zero-order chi connectivity index (χ0) is 20.3. The maximum absolute atomic E-state index is 12.9. The Morgan fingerprint density at radius 1 is 1.11 bits per heavy atom. The van der Waals surface area contributed by atoms with E-state index >= 15 is 0 Å². The molecule has 0 spiro atoms. The van der Waals surface area contributed by atoms with Crippen molar-refractivity contribution in [1.29, 1.82) is 0 Å². The van der Waals surface area contributed by atoms with Crippen molar-refractivity contribution in [3.63, 3.8) is 0 Å². The molecule has 3 rings (SSSR count). The predicted octanol–water partition coefficient (Wildman–Crippen LogP) is 4.20. The SMILES string of the molecule is Cc1cc(C(=O)O[C@H](C(=O)N(C)C)c2ccccc2)c(C)n1Cc1cccs1. The molecule has 1 amide bonds.